The fourth-order valence-electron chi connectivity index (χ4n) is 2.48. The fraction of sp³-hybridized carbons (Fsp3) is 0.167. The highest BCUT2D eigenvalue weighted by Crippen LogP contribution is 2.24. The van der Waals surface area contributed by atoms with E-state index in [9.17, 15) is 9.59 Å². The summed E-state index contributed by atoms with van der Waals surface area (Å²) in [4.78, 5) is 27.2. The topological polar surface area (TPSA) is 93.0 Å². The second-order valence-corrected chi connectivity index (χ2v) is 6.56. The zero-order valence-corrected chi connectivity index (χ0v) is 15.7. The van der Waals surface area contributed by atoms with E-state index < -0.39 is 0 Å². The monoisotopic (exact) mass is 382 g/mol. The molecule has 0 saturated heterocycles. The van der Waals surface area contributed by atoms with Gasteiger partial charge < -0.3 is 10.2 Å². The molecule has 3 aromatic rings. The lowest BCUT2D eigenvalue weighted by molar-refractivity contribution is -0.116. The van der Waals surface area contributed by atoms with Gasteiger partial charge in [0.2, 0.25) is 5.91 Å². The first-order valence-corrected chi connectivity index (χ1v) is 9.32. The summed E-state index contributed by atoms with van der Waals surface area (Å²) in [5.41, 5.74) is 1.96. The van der Waals surface area contributed by atoms with Crippen molar-refractivity contribution in [3.63, 3.8) is 0 Å². The van der Waals surface area contributed by atoms with Crippen molar-refractivity contribution in [3.8, 4) is 5.69 Å². The molecule has 27 heavy (non-hydrogen) atoms. The molecule has 8 nitrogen and oxygen atoms in total. The molecule has 0 unspecified atom stereocenters. The molecule has 2 aromatic carbocycles. The predicted molar refractivity (Wildman–Crippen MR) is 103 cm³/mol. The third-order valence-electron chi connectivity index (χ3n) is 3.84. The van der Waals surface area contributed by atoms with Crippen LogP contribution in [-0.2, 0) is 4.79 Å². The first-order chi connectivity index (χ1) is 13.1. The van der Waals surface area contributed by atoms with Gasteiger partial charge in [0.1, 0.15) is 6.33 Å². The van der Waals surface area contributed by atoms with Crippen LogP contribution in [0.2, 0.25) is 0 Å². The third kappa shape index (κ3) is 4.50. The highest BCUT2D eigenvalue weighted by Gasteiger charge is 2.16. The molecule has 0 aliphatic rings. The molecule has 0 atom stereocenters. The number of rotatable bonds is 6. The van der Waals surface area contributed by atoms with Crippen LogP contribution in [-0.4, -0.2) is 56.8 Å². The van der Waals surface area contributed by atoms with Crippen molar-refractivity contribution in [3.05, 3.63) is 60.4 Å². The normalized spacial score (nSPS) is 10.4. The number of likely N-dealkylation sites (N-methyl/N-ethyl adjacent to an activating group) is 1. The highest BCUT2D eigenvalue weighted by atomic mass is 32.2. The van der Waals surface area contributed by atoms with E-state index in [4.69, 9.17) is 0 Å². The minimum absolute atomic E-state index is 0.0453. The molecule has 0 bridgehead atoms. The number of tetrazole rings is 1. The predicted octanol–water partition coefficient (Wildman–Crippen LogP) is 2.09. The van der Waals surface area contributed by atoms with Crippen molar-refractivity contribution in [2.24, 2.45) is 0 Å². The number of hydrogen-bond acceptors (Lipinski definition) is 6. The van der Waals surface area contributed by atoms with Crippen molar-refractivity contribution < 1.29 is 9.59 Å². The average molecular weight is 382 g/mol. The van der Waals surface area contributed by atoms with Crippen LogP contribution in [0.3, 0.4) is 0 Å². The van der Waals surface area contributed by atoms with Gasteiger partial charge in [0.25, 0.3) is 5.91 Å². The number of carbonyl (C=O) groups excluding carboxylic acids is 2. The van der Waals surface area contributed by atoms with E-state index in [1.54, 1.807) is 43.1 Å². The zero-order chi connectivity index (χ0) is 19.2. The van der Waals surface area contributed by atoms with Gasteiger partial charge in [0.05, 0.1) is 17.9 Å². The number of hydrogen-bond donors (Lipinski definition) is 1. The number of benzene rings is 2. The lowest BCUT2D eigenvalue weighted by Gasteiger charge is -2.17. The zero-order valence-electron chi connectivity index (χ0n) is 14.9. The maximum Gasteiger partial charge on any atom is 0.254 e. The Morgan fingerprint density at radius 2 is 1.89 bits per heavy atom. The Morgan fingerprint density at radius 3 is 2.56 bits per heavy atom. The molecule has 0 spiro atoms. The maximum atomic E-state index is 12.5. The SMILES string of the molecule is CSc1ccccc1NC(=O)CN(C)C(=O)c1ccc(-n2cnnn2)cc1. The molecule has 0 aliphatic heterocycles. The summed E-state index contributed by atoms with van der Waals surface area (Å²) in [7, 11) is 1.59. The molecule has 1 heterocycles. The van der Waals surface area contributed by atoms with Crippen LogP contribution < -0.4 is 5.32 Å². The Balaban J connectivity index is 1.62. The first-order valence-electron chi connectivity index (χ1n) is 8.10. The molecule has 0 fully saturated rings. The van der Waals surface area contributed by atoms with Crippen LogP contribution in [0.25, 0.3) is 5.69 Å². The first kappa shape index (κ1) is 18.6. The van der Waals surface area contributed by atoms with E-state index in [1.807, 2.05) is 30.5 Å². The van der Waals surface area contributed by atoms with Crippen molar-refractivity contribution in [1.82, 2.24) is 25.1 Å². The molecule has 1 aromatic heterocycles. The van der Waals surface area contributed by atoms with E-state index in [0.717, 1.165) is 16.3 Å². The van der Waals surface area contributed by atoms with Crippen LogP contribution in [0.15, 0.2) is 59.8 Å². The number of amides is 2. The molecule has 2 amide bonds. The number of nitrogens with one attached hydrogen (secondary N) is 1. The Morgan fingerprint density at radius 1 is 1.15 bits per heavy atom. The number of para-hydroxylation sites is 1. The molecular formula is C18H18N6O2S. The Bertz CT molecular complexity index is 927. The van der Waals surface area contributed by atoms with Gasteiger partial charge in [0.15, 0.2) is 0 Å². The summed E-state index contributed by atoms with van der Waals surface area (Å²) in [6, 6.07) is 14.4. The average Bonchev–Trinajstić information content (AvgIpc) is 3.22. The lowest BCUT2D eigenvalue weighted by atomic mass is 10.2. The summed E-state index contributed by atoms with van der Waals surface area (Å²) in [5, 5.41) is 13.8. The van der Waals surface area contributed by atoms with Crippen LogP contribution >= 0.6 is 11.8 Å². The minimum Gasteiger partial charge on any atom is -0.332 e. The molecule has 138 valence electrons. The Labute approximate surface area is 160 Å². The molecule has 1 N–H and O–H groups in total. The minimum atomic E-state index is -0.252. The Kier molecular flexibility index (Phi) is 5.82. The third-order valence-corrected chi connectivity index (χ3v) is 4.63. The molecule has 9 heteroatoms. The van der Waals surface area contributed by atoms with Gasteiger partial charge >= 0.3 is 0 Å². The van der Waals surface area contributed by atoms with Crippen molar-refractivity contribution in [2.45, 2.75) is 4.90 Å². The van der Waals surface area contributed by atoms with Crippen molar-refractivity contribution in [1.29, 1.82) is 0 Å². The fourth-order valence-corrected chi connectivity index (χ4v) is 3.04. The number of thioether (sulfide) groups is 1. The van der Waals surface area contributed by atoms with E-state index in [0.29, 0.717) is 5.56 Å². The quantitative estimate of drug-likeness (QED) is 0.656. The van der Waals surface area contributed by atoms with Crippen molar-refractivity contribution >= 4 is 29.3 Å². The van der Waals surface area contributed by atoms with E-state index in [1.165, 1.54) is 15.9 Å². The summed E-state index contributed by atoms with van der Waals surface area (Å²) in [6.45, 7) is -0.0453. The van der Waals surface area contributed by atoms with E-state index >= 15 is 0 Å². The van der Waals surface area contributed by atoms with Gasteiger partial charge in [0, 0.05) is 17.5 Å². The van der Waals surface area contributed by atoms with E-state index in [-0.39, 0.29) is 18.4 Å². The molecule has 0 saturated carbocycles. The smallest absolute Gasteiger partial charge is 0.254 e. The summed E-state index contributed by atoms with van der Waals surface area (Å²) in [5.74, 6) is -0.496. The second-order valence-electron chi connectivity index (χ2n) is 5.71. The summed E-state index contributed by atoms with van der Waals surface area (Å²) < 4.78 is 1.49. The van der Waals surface area contributed by atoms with Gasteiger partial charge in [-0.15, -0.1) is 16.9 Å². The van der Waals surface area contributed by atoms with Gasteiger partial charge in [-0.1, -0.05) is 12.1 Å². The lowest BCUT2D eigenvalue weighted by Crippen LogP contribution is -2.35. The Hall–Kier alpha value is -3.20. The molecular weight excluding hydrogens is 364 g/mol. The molecule has 0 radical (unpaired) electrons. The molecule has 0 aliphatic carbocycles. The van der Waals surface area contributed by atoms with Gasteiger partial charge in [-0.25, -0.2) is 4.68 Å². The molecule has 3 rings (SSSR count). The largest absolute Gasteiger partial charge is 0.332 e. The van der Waals surface area contributed by atoms with E-state index in [2.05, 4.69) is 20.8 Å². The summed E-state index contributed by atoms with van der Waals surface area (Å²) in [6.07, 6.45) is 3.42. The number of carbonyl (C=O) groups is 2. The van der Waals surface area contributed by atoms with Crippen LogP contribution in [0, 0.1) is 0 Å². The van der Waals surface area contributed by atoms with Gasteiger partial charge in [-0.05, 0) is 53.1 Å². The number of anilines is 1. The van der Waals surface area contributed by atoms with Crippen LogP contribution in [0.4, 0.5) is 5.69 Å². The van der Waals surface area contributed by atoms with Crippen LogP contribution in [0.1, 0.15) is 10.4 Å². The number of aromatic nitrogens is 4. The van der Waals surface area contributed by atoms with Gasteiger partial charge in [-0.2, -0.15) is 0 Å². The standard InChI is InChI=1S/C18H18N6O2S/c1-23(11-17(25)20-15-5-3-4-6-16(15)27-2)18(26)13-7-9-14(10-8-13)24-12-19-21-22-24/h3-10,12H,11H2,1-2H3,(H,20,25). The second kappa shape index (κ2) is 8.45. The van der Waals surface area contributed by atoms with Crippen molar-refractivity contribution in [2.75, 3.05) is 25.2 Å². The maximum absolute atomic E-state index is 12.5. The van der Waals surface area contributed by atoms with Crippen LogP contribution in [0.5, 0.6) is 0 Å². The van der Waals surface area contributed by atoms with Gasteiger partial charge in [-0.3, -0.25) is 9.59 Å². The number of nitrogens with zero attached hydrogens (tertiary/aromatic N) is 5. The highest BCUT2D eigenvalue weighted by molar-refractivity contribution is 7.98. The summed E-state index contributed by atoms with van der Waals surface area (Å²) >= 11 is 1.55.